The van der Waals surface area contributed by atoms with E-state index < -0.39 is 46.4 Å². The third-order valence-electron chi connectivity index (χ3n) is 1.96. The number of carboxylic acid groups (broad SMARTS) is 1. The van der Waals surface area contributed by atoms with Crippen LogP contribution in [0.4, 0.5) is 14.6 Å². The fourth-order valence-electron chi connectivity index (χ4n) is 1.27. The largest absolute Gasteiger partial charge is 0.481 e. The number of hydrogen-bond acceptors (Lipinski definition) is 5. The number of halogens is 2. The van der Waals surface area contributed by atoms with Crippen LogP contribution >= 0.6 is 0 Å². The Morgan fingerprint density at radius 1 is 1.67 bits per heavy atom. The lowest BCUT2D eigenvalue weighted by Crippen LogP contribution is -2.09. The summed E-state index contributed by atoms with van der Waals surface area (Å²) in [6.45, 7) is 0. The van der Waals surface area contributed by atoms with Gasteiger partial charge in [0.1, 0.15) is 11.6 Å². The fourth-order valence-corrected chi connectivity index (χ4v) is 1.27. The number of aromatic nitrogens is 1. The van der Waals surface area contributed by atoms with E-state index in [4.69, 9.17) is 10.4 Å². The van der Waals surface area contributed by atoms with Crippen molar-refractivity contribution in [1.82, 2.24) is 4.98 Å². The highest BCUT2D eigenvalue weighted by Crippen LogP contribution is 2.26. The molecule has 94 valence electrons. The summed E-state index contributed by atoms with van der Waals surface area (Å²) < 4.78 is 25.2. The first-order valence-electron chi connectivity index (χ1n) is 4.45. The van der Waals surface area contributed by atoms with Crippen LogP contribution in [0.5, 0.6) is 0 Å². The van der Waals surface area contributed by atoms with E-state index in [1.54, 1.807) is 0 Å². The topological polar surface area (TPSA) is 117 Å². The number of rotatable bonds is 4. The lowest BCUT2D eigenvalue weighted by atomic mass is 10.1. The van der Waals surface area contributed by atoms with Crippen molar-refractivity contribution in [2.75, 3.05) is 0 Å². The average molecular weight is 257 g/mol. The Hall–Kier alpha value is -2.63. The molecular formula is C9H5F2N3O4. The standard InChI is InChI=1S/C9H5F2N3O4/c10-8(11)7-4(2-6(15)16)1-5(3-12)9(13-7)14(17)18/h1,8H,2H2,(H,15,16). The van der Waals surface area contributed by atoms with Gasteiger partial charge in [0.2, 0.25) is 5.69 Å². The molecule has 1 aromatic heterocycles. The quantitative estimate of drug-likeness (QED) is 0.643. The number of carboxylic acids is 1. The Labute approximate surface area is 98.4 Å². The van der Waals surface area contributed by atoms with Crippen LogP contribution in [0.15, 0.2) is 6.07 Å². The van der Waals surface area contributed by atoms with Crippen molar-refractivity contribution < 1.29 is 23.6 Å². The lowest BCUT2D eigenvalue weighted by molar-refractivity contribution is -0.390. The normalized spacial score (nSPS) is 10.1. The number of hydrogen-bond donors (Lipinski definition) is 1. The average Bonchev–Trinajstić information content (AvgIpc) is 2.26. The highest BCUT2D eigenvalue weighted by Gasteiger charge is 2.28. The molecule has 0 bridgehead atoms. The van der Waals surface area contributed by atoms with Crippen molar-refractivity contribution in [2.45, 2.75) is 12.8 Å². The summed E-state index contributed by atoms with van der Waals surface area (Å²) in [7, 11) is 0. The number of nitro groups is 1. The minimum atomic E-state index is -3.16. The van der Waals surface area contributed by atoms with Gasteiger partial charge in [-0.15, -0.1) is 0 Å². The summed E-state index contributed by atoms with van der Waals surface area (Å²) in [5.74, 6) is -2.42. The van der Waals surface area contributed by atoms with Crippen LogP contribution in [-0.2, 0) is 11.2 Å². The zero-order valence-electron chi connectivity index (χ0n) is 8.63. The van der Waals surface area contributed by atoms with Crippen LogP contribution in [-0.4, -0.2) is 21.0 Å². The minimum Gasteiger partial charge on any atom is -0.481 e. The van der Waals surface area contributed by atoms with E-state index >= 15 is 0 Å². The SMILES string of the molecule is N#Cc1cc(CC(=O)O)c(C(F)F)nc1[N+](=O)[O-]. The third kappa shape index (κ3) is 2.73. The molecule has 0 atom stereocenters. The molecule has 0 saturated heterocycles. The highest BCUT2D eigenvalue weighted by molar-refractivity contribution is 5.71. The molecule has 0 aromatic carbocycles. The van der Waals surface area contributed by atoms with Crippen molar-refractivity contribution in [2.24, 2.45) is 0 Å². The molecular weight excluding hydrogens is 252 g/mol. The molecule has 1 aromatic rings. The van der Waals surface area contributed by atoms with Crippen molar-refractivity contribution in [1.29, 1.82) is 5.26 Å². The van der Waals surface area contributed by atoms with Gasteiger partial charge >= 0.3 is 18.2 Å². The smallest absolute Gasteiger partial charge is 0.381 e. The van der Waals surface area contributed by atoms with Crippen LogP contribution in [0.1, 0.15) is 23.2 Å². The molecule has 0 amide bonds. The molecule has 0 radical (unpaired) electrons. The molecule has 0 aliphatic carbocycles. The molecule has 18 heavy (non-hydrogen) atoms. The lowest BCUT2D eigenvalue weighted by Gasteiger charge is -2.03. The molecule has 0 fully saturated rings. The maximum absolute atomic E-state index is 12.6. The second-order valence-corrected chi connectivity index (χ2v) is 3.14. The van der Waals surface area contributed by atoms with Crippen LogP contribution in [0.25, 0.3) is 0 Å². The van der Waals surface area contributed by atoms with E-state index in [0.29, 0.717) is 0 Å². The Morgan fingerprint density at radius 3 is 2.67 bits per heavy atom. The van der Waals surface area contributed by atoms with Gasteiger partial charge in [0.25, 0.3) is 0 Å². The van der Waals surface area contributed by atoms with E-state index in [-0.39, 0.29) is 0 Å². The summed E-state index contributed by atoms with van der Waals surface area (Å²) in [4.78, 5) is 23.0. The van der Waals surface area contributed by atoms with Crippen molar-refractivity contribution in [3.8, 4) is 6.07 Å². The number of carbonyl (C=O) groups is 1. The van der Waals surface area contributed by atoms with E-state index in [9.17, 15) is 23.7 Å². The first kappa shape index (κ1) is 13.4. The van der Waals surface area contributed by atoms with E-state index in [2.05, 4.69) is 4.98 Å². The fraction of sp³-hybridized carbons (Fsp3) is 0.222. The first-order chi connectivity index (χ1) is 8.36. The van der Waals surface area contributed by atoms with E-state index in [1.807, 2.05) is 0 Å². The van der Waals surface area contributed by atoms with Gasteiger partial charge in [-0.3, -0.25) is 4.79 Å². The molecule has 0 saturated carbocycles. The molecule has 0 aliphatic rings. The zero-order chi connectivity index (χ0) is 13.9. The molecule has 9 heteroatoms. The van der Waals surface area contributed by atoms with E-state index in [0.717, 1.165) is 6.07 Å². The predicted molar refractivity (Wildman–Crippen MR) is 51.9 cm³/mol. The van der Waals surface area contributed by atoms with E-state index in [1.165, 1.54) is 6.07 Å². The van der Waals surface area contributed by atoms with Gasteiger partial charge in [-0.05, 0) is 16.0 Å². The van der Waals surface area contributed by atoms with Gasteiger partial charge in [-0.1, -0.05) is 0 Å². The first-order valence-corrected chi connectivity index (χ1v) is 4.45. The summed E-state index contributed by atoms with van der Waals surface area (Å²) in [5.41, 5.74) is -1.97. The Bertz CT molecular complexity index is 553. The minimum absolute atomic E-state index is 0.417. The molecule has 0 unspecified atom stereocenters. The maximum Gasteiger partial charge on any atom is 0.381 e. The molecule has 7 nitrogen and oxygen atoms in total. The van der Waals surface area contributed by atoms with Crippen LogP contribution in [0.2, 0.25) is 0 Å². The van der Waals surface area contributed by atoms with Crippen molar-refractivity contribution in [3.63, 3.8) is 0 Å². The number of pyridine rings is 1. The molecule has 0 aliphatic heterocycles. The molecule has 1 N–H and O–H groups in total. The maximum atomic E-state index is 12.6. The van der Waals surface area contributed by atoms with Crippen LogP contribution in [0, 0.1) is 21.4 Å². The predicted octanol–water partition coefficient (Wildman–Crippen LogP) is 1.43. The van der Waals surface area contributed by atoms with Crippen molar-refractivity contribution >= 4 is 11.8 Å². The Kier molecular flexibility index (Phi) is 3.83. The van der Waals surface area contributed by atoms with Gasteiger partial charge in [0.05, 0.1) is 6.42 Å². The Balaban J connectivity index is 3.47. The van der Waals surface area contributed by atoms with Crippen LogP contribution in [0.3, 0.4) is 0 Å². The van der Waals surface area contributed by atoms with Crippen LogP contribution < -0.4 is 0 Å². The highest BCUT2D eigenvalue weighted by atomic mass is 19.3. The number of alkyl halides is 2. The summed E-state index contributed by atoms with van der Waals surface area (Å²) in [6.07, 6.45) is -3.95. The van der Waals surface area contributed by atoms with Gasteiger partial charge in [-0.2, -0.15) is 5.26 Å². The monoisotopic (exact) mass is 257 g/mol. The zero-order valence-corrected chi connectivity index (χ0v) is 8.63. The third-order valence-corrected chi connectivity index (χ3v) is 1.96. The van der Waals surface area contributed by atoms with Gasteiger partial charge in [0.15, 0.2) is 0 Å². The summed E-state index contributed by atoms with van der Waals surface area (Å²) in [5, 5.41) is 27.7. The number of nitriles is 1. The van der Waals surface area contributed by atoms with Gasteiger partial charge < -0.3 is 15.2 Å². The Morgan fingerprint density at radius 2 is 2.28 bits per heavy atom. The molecule has 1 rings (SSSR count). The summed E-state index contributed by atoms with van der Waals surface area (Å²) >= 11 is 0. The second-order valence-electron chi connectivity index (χ2n) is 3.14. The molecule has 1 heterocycles. The van der Waals surface area contributed by atoms with Gasteiger partial charge in [0, 0.05) is 5.56 Å². The van der Waals surface area contributed by atoms with Crippen molar-refractivity contribution in [3.05, 3.63) is 33.0 Å². The molecule has 0 spiro atoms. The number of nitrogens with zero attached hydrogens (tertiary/aromatic N) is 3. The summed E-state index contributed by atoms with van der Waals surface area (Å²) in [6, 6.07) is 2.17. The second kappa shape index (κ2) is 5.13. The number of aliphatic carboxylic acids is 1. The van der Waals surface area contributed by atoms with Gasteiger partial charge in [-0.25, -0.2) is 8.78 Å².